The molecule has 1 saturated heterocycles. The largest absolute Gasteiger partial charge is 0.505 e. The zero-order chi connectivity index (χ0) is 29.5. The fraction of sp³-hybridized carbons (Fsp3) is 0.469. The van der Waals surface area contributed by atoms with Crippen molar-refractivity contribution in [1.29, 1.82) is 0 Å². The number of Topliss-reactive ketones (excluding diaryl/α,β-unsaturated/α-hetero) is 1. The Kier molecular flexibility index (Phi) is 10.0. The van der Waals surface area contributed by atoms with Crippen LogP contribution in [0.1, 0.15) is 70.0 Å². The minimum absolute atomic E-state index is 0.0497. The van der Waals surface area contributed by atoms with E-state index < -0.39 is 17.7 Å². The lowest BCUT2D eigenvalue weighted by atomic mass is 9.95. The minimum atomic E-state index is -0.788. The fourth-order valence-electron chi connectivity index (χ4n) is 5.40. The third-order valence-electron chi connectivity index (χ3n) is 7.58. The van der Waals surface area contributed by atoms with Crippen LogP contribution in [0.15, 0.2) is 48.2 Å². The number of pyridine rings is 1. The number of nitrogens with zero attached hydrogens (tertiary/aromatic N) is 4. The molecule has 1 amide bonds. The molecule has 3 heterocycles. The van der Waals surface area contributed by atoms with E-state index in [2.05, 4.69) is 30.7 Å². The quantitative estimate of drug-likeness (QED) is 0.122. The number of aliphatic hydroxyl groups excluding tert-OH is 1. The molecule has 1 unspecified atom stereocenters. The van der Waals surface area contributed by atoms with Crippen molar-refractivity contribution in [2.75, 3.05) is 39.4 Å². The van der Waals surface area contributed by atoms with Crippen LogP contribution in [-0.2, 0) is 9.59 Å². The zero-order valence-electron chi connectivity index (χ0n) is 24.9. The Morgan fingerprint density at radius 2 is 1.80 bits per heavy atom. The molecular weight excluding hydrogens is 520 g/mol. The van der Waals surface area contributed by atoms with Crippen molar-refractivity contribution in [1.82, 2.24) is 19.2 Å². The maximum Gasteiger partial charge on any atom is 0.295 e. The van der Waals surface area contributed by atoms with Gasteiger partial charge in [-0.1, -0.05) is 39.3 Å². The lowest BCUT2D eigenvalue weighted by Gasteiger charge is -2.27. The van der Waals surface area contributed by atoms with Crippen LogP contribution in [0, 0.1) is 6.92 Å². The SMILES string of the molecule is CCCCOc1ccc(C2C(=C(O)c3c(C)nc4ccccn34)C(=O)C(=O)N2CCCN(CC)CC)cc1OCC. The number of amides is 1. The Balaban J connectivity index is 1.83. The van der Waals surface area contributed by atoms with Crippen LogP contribution in [0.4, 0.5) is 0 Å². The molecule has 1 N–H and O–H groups in total. The molecule has 0 radical (unpaired) electrons. The molecule has 1 atom stereocenters. The van der Waals surface area contributed by atoms with Crippen molar-refractivity contribution in [3.05, 3.63) is 65.1 Å². The van der Waals surface area contributed by atoms with Crippen molar-refractivity contribution >= 4 is 23.1 Å². The summed E-state index contributed by atoms with van der Waals surface area (Å²) in [7, 11) is 0. The van der Waals surface area contributed by atoms with Gasteiger partial charge >= 0.3 is 0 Å². The van der Waals surface area contributed by atoms with E-state index in [-0.39, 0.29) is 11.3 Å². The molecule has 1 aromatic carbocycles. The standard InChI is InChI=1S/C32H42N4O5/c1-6-10-20-41-24-16-15-23(21-25(24)40-9-4)29-27(30(37)28-22(5)33-26-14-11-12-18-35(26)28)31(38)32(39)36(29)19-13-17-34(7-2)8-3/h11-12,14-16,18,21,29,37H,6-10,13,17,19-20H2,1-5H3. The minimum Gasteiger partial charge on any atom is -0.505 e. The summed E-state index contributed by atoms with van der Waals surface area (Å²) in [5, 5.41) is 11.7. The molecule has 4 rings (SSSR count). The van der Waals surface area contributed by atoms with Gasteiger partial charge in [-0.2, -0.15) is 0 Å². The lowest BCUT2D eigenvalue weighted by Crippen LogP contribution is -2.33. The van der Waals surface area contributed by atoms with Gasteiger partial charge in [-0.3, -0.25) is 14.0 Å². The van der Waals surface area contributed by atoms with Gasteiger partial charge in [0, 0.05) is 12.7 Å². The molecule has 3 aromatic rings. The van der Waals surface area contributed by atoms with E-state index in [1.165, 1.54) is 0 Å². The predicted octanol–water partition coefficient (Wildman–Crippen LogP) is 5.37. The molecule has 2 aromatic heterocycles. The van der Waals surface area contributed by atoms with Crippen LogP contribution < -0.4 is 9.47 Å². The van der Waals surface area contributed by atoms with E-state index in [9.17, 15) is 14.7 Å². The number of carbonyl (C=O) groups excluding carboxylic acids is 2. The summed E-state index contributed by atoms with van der Waals surface area (Å²) in [6, 6.07) is 10.2. The van der Waals surface area contributed by atoms with E-state index in [1.807, 2.05) is 43.3 Å². The van der Waals surface area contributed by atoms with Crippen LogP contribution in [0.25, 0.3) is 11.4 Å². The van der Waals surface area contributed by atoms with Crippen molar-refractivity contribution in [3.8, 4) is 11.5 Å². The summed E-state index contributed by atoms with van der Waals surface area (Å²) in [6.45, 7) is 14.0. The lowest BCUT2D eigenvalue weighted by molar-refractivity contribution is -0.140. The highest BCUT2D eigenvalue weighted by atomic mass is 16.5. The molecule has 1 aliphatic heterocycles. The van der Waals surface area contributed by atoms with Crippen LogP contribution in [0.5, 0.6) is 11.5 Å². The van der Waals surface area contributed by atoms with Gasteiger partial charge in [0.1, 0.15) is 11.3 Å². The Bertz CT molecular complexity index is 1410. The number of hydrogen-bond acceptors (Lipinski definition) is 7. The van der Waals surface area contributed by atoms with Crippen molar-refractivity contribution in [3.63, 3.8) is 0 Å². The summed E-state index contributed by atoms with van der Waals surface area (Å²) < 4.78 is 13.7. The molecule has 0 aliphatic carbocycles. The maximum atomic E-state index is 13.6. The average molecular weight is 563 g/mol. The van der Waals surface area contributed by atoms with Gasteiger partial charge in [0.15, 0.2) is 17.3 Å². The first kappa shape index (κ1) is 30.1. The van der Waals surface area contributed by atoms with E-state index in [0.717, 1.165) is 32.5 Å². The number of hydrogen-bond donors (Lipinski definition) is 1. The molecule has 0 bridgehead atoms. The monoisotopic (exact) mass is 562 g/mol. The number of aryl methyl sites for hydroxylation is 1. The van der Waals surface area contributed by atoms with Crippen molar-refractivity contribution in [2.24, 2.45) is 0 Å². The van der Waals surface area contributed by atoms with Crippen LogP contribution in [0.2, 0.25) is 0 Å². The van der Waals surface area contributed by atoms with E-state index >= 15 is 0 Å². The highest BCUT2D eigenvalue weighted by Gasteiger charge is 2.46. The van der Waals surface area contributed by atoms with Gasteiger partial charge in [-0.15, -0.1) is 0 Å². The highest BCUT2D eigenvalue weighted by Crippen LogP contribution is 2.42. The molecule has 41 heavy (non-hydrogen) atoms. The van der Waals surface area contributed by atoms with Gasteiger partial charge in [0.05, 0.1) is 30.5 Å². The summed E-state index contributed by atoms with van der Waals surface area (Å²) in [5.74, 6) is -0.413. The first-order chi connectivity index (χ1) is 19.9. The maximum absolute atomic E-state index is 13.6. The van der Waals surface area contributed by atoms with E-state index in [4.69, 9.17) is 9.47 Å². The Hall–Kier alpha value is -3.85. The number of fused-ring (bicyclic) bond motifs is 1. The first-order valence-corrected chi connectivity index (χ1v) is 14.7. The smallest absolute Gasteiger partial charge is 0.295 e. The predicted molar refractivity (Wildman–Crippen MR) is 159 cm³/mol. The summed E-state index contributed by atoms with van der Waals surface area (Å²) in [4.78, 5) is 35.6. The fourth-order valence-corrected chi connectivity index (χ4v) is 5.40. The van der Waals surface area contributed by atoms with Gasteiger partial charge in [-0.05, 0) is 76.2 Å². The first-order valence-electron chi connectivity index (χ1n) is 14.7. The number of aliphatic hydroxyl groups is 1. The average Bonchev–Trinajstić information content (AvgIpc) is 3.44. The molecule has 0 spiro atoms. The van der Waals surface area contributed by atoms with E-state index in [1.54, 1.807) is 22.4 Å². The molecule has 9 nitrogen and oxygen atoms in total. The van der Waals surface area contributed by atoms with Crippen LogP contribution in [-0.4, -0.2) is 75.4 Å². The van der Waals surface area contributed by atoms with E-state index in [0.29, 0.717) is 60.3 Å². The number of unbranched alkanes of at least 4 members (excludes halogenated alkanes) is 1. The summed E-state index contributed by atoms with van der Waals surface area (Å²) >= 11 is 0. The van der Waals surface area contributed by atoms with Crippen LogP contribution in [0.3, 0.4) is 0 Å². The van der Waals surface area contributed by atoms with Gasteiger partial charge in [0.2, 0.25) is 0 Å². The molecule has 1 fully saturated rings. The number of ketones is 1. The number of benzene rings is 1. The second-order valence-corrected chi connectivity index (χ2v) is 10.2. The molecular formula is C32H42N4O5. The van der Waals surface area contributed by atoms with Crippen molar-refractivity contribution < 1.29 is 24.2 Å². The number of aromatic nitrogens is 2. The zero-order valence-corrected chi connectivity index (χ0v) is 24.9. The summed E-state index contributed by atoms with van der Waals surface area (Å²) in [6.07, 6.45) is 4.40. The van der Waals surface area contributed by atoms with Gasteiger partial charge < -0.3 is 24.4 Å². The number of carbonyl (C=O) groups is 2. The molecule has 220 valence electrons. The second kappa shape index (κ2) is 13.7. The normalized spacial score (nSPS) is 16.7. The molecule has 0 saturated carbocycles. The number of rotatable bonds is 14. The summed E-state index contributed by atoms with van der Waals surface area (Å²) in [5.41, 5.74) is 2.33. The third-order valence-corrected chi connectivity index (χ3v) is 7.58. The van der Waals surface area contributed by atoms with Crippen LogP contribution >= 0.6 is 0 Å². The van der Waals surface area contributed by atoms with Crippen molar-refractivity contribution in [2.45, 2.75) is 59.9 Å². The number of ether oxygens (including phenoxy) is 2. The second-order valence-electron chi connectivity index (χ2n) is 10.2. The molecule has 1 aliphatic rings. The number of imidazole rings is 1. The Labute approximate surface area is 242 Å². The van der Waals surface area contributed by atoms with Gasteiger partial charge in [0.25, 0.3) is 11.7 Å². The number of likely N-dealkylation sites (tertiary alicyclic amines) is 1. The Morgan fingerprint density at radius 3 is 2.51 bits per heavy atom. The molecule has 9 heteroatoms. The van der Waals surface area contributed by atoms with Gasteiger partial charge in [-0.25, -0.2) is 4.98 Å². The highest BCUT2D eigenvalue weighted by molar-refractivity contribution is 6.46. The Morgan fingerprint density at radius 1 is 1.02 bits per heavy atom. The topological polar surface area (TPSA) is 96.6 Å². The third kappa shape index (κ3) is 6.25.